The summed E-state index contributed by atoms with van der Waals surface area (Å²) in [6.07, 6.45) is 8.99. The summed E-state index contributed by atoms with van der Waals surface area (Å²) in [5.41, 5.74) is 1.40. The number of carbonyl (C=O) groups is 1. The van der Waals surface area contributed by atoms with Gasteiger partial charge in [-0.25, -0.2) is 4.98 Å². The third-order valence-electron chi connectivity index (χ3n) is 5.81. The molecule has 0 saturated carbocycles. The predicted octanol–water partition coefficient (Wildman–Crippen LogP) is 4.22. The highest BCUT2D eigenvalue weighted by Crippen LogP contribution is 2.25. The van der Waals surface area contributed by atoms with Crippen LogP contribution in [0.3, 0.4) is 0 Å². The molecule has 2 aromatic rings. The van der Waals surface area contributed by atoms with E-state index in [1.807, 2.05) is 0 Å². The lowest BCUT2D eigenvalue weighted by molar-refractivity contribution is 0.0673. The van der Waals surface area contributed by atoms with Crippen LogP contribution in [0.1, 0.15) is 52.3 Å². The zero-order valence-electron chi connectivity index (χ0n) is 16.0. The van der Waals surface area contributed by atoms with Gasteiger partial charge in [-0.1, -0.05) is 30.3 Å². The number of carbonyl (C=O) groups excluding carboxylic acids is 1. The zero-order valence-corrected chi connectivity index (χ0v) is 16.8. The van der Waals surface area contributed by atoms with Crippen molar-refractivity contribution in [3.8, 4) is 0 Å². The fourth-order valence-electron chi connectivity index (χ4n) is 4.27. The molecule has 1 aromatic carbocycles. The maximum absolute atomic E-state index is 13.0. The van der Waals surface area contributed by atoms with Gasteiger partial charge >= 0.3 is 0 Å². The summed E-state index contributed by atoms with van der Waals surface area (Å²) in [4.78, 5) is 22.8. The average Bonchev–Trinajstić information content (AvgIpc) is 3.39. The number of hydrogen-bond acceptors (Lipinski definition) is 4. The molecule has 0 bridgehead atoms. The van der Waals surface area contributed by atoms with E-state index in [4.69, 9.17) is 0 Å². The molecule has 3 heterocycles. The van der Waals surface area contributed by atoms with Crippen molar-refractivity contribution in [1.29, 1.82) is 0 Å². The molecule has 0 N–H and O–H groups in total. The van der Waals surface area contributed by atoms with Gasteiger partial charge in [0.15, 0.2) is 0 Å². The van der Waals surface area contributed by atoms with Crippen molar-refractivity contribution in [3.05, 3.63) is 52.0 Å². The van der Waals surface area contributed by atoms with E-state index < -0.39 is 0 Å². The molecule has 1 unspecified atom stereocenters. The quantitative estimate of drug-likeness (QED) is 0.749. The summed E-state index contributed by atoms with van der Waals surface area (Å²) >= 11 is 1.59. The molecule has 144 valence electrons. The van der Waals surface area contributed by atoms with Crippen LogP contribution in [0.25, 0.3) is 0 Å². The summed E-state index contributed by atoms with van der Waals surface area (Å²) in [7, 11) is 0. The monoisotopic (exact) mass is 383 g/mol. The van der Waals surface area contributed by atoms with Gasteiger partial charge in [0.25, 0.3) is 5.91 Å². The molecule has 0 radical (unpaired) electrons. The van der Waals surface area contributed by atoms with E-state index in [0.29, 0.717) is 5.92 Å². The smallest absolute Gasteiger partial charge is 0.265 e. The SMILES string of the molecule is O=C(c1cnc(CN2CCCC2)s1)N1CCCC(CCc2ccccc2)C1. The van der Waals surface area contributed by atoms with Gasteiger partial charge < -0.3 is 4.90 Å². The molecule has 1 amide bonds. The molecule has 5 heteroatoms. The van der Waals surface area contributed by atoms with E-state index in [1.54, 1.807) is 17.5 Å². The minimum atomic E-state index is 0.185. The highest BCUT2D eigenvalue weighted by Gasteiger charge is 2.26. The Hall–Kier alpha value is -1.72. The molecule has 1 atom stereocenters. The molecule has 1 aromatic heterocycles. The minimum absolute atomic E-state index is 0.185. The maximum atomic E-state index is 13.0. The van der Waals surface area contributed by atoms with E-state index in [1.165, 1.54) is 24.8 Å². The molecule has 27 heavy (non-hydrogen) atoms. The Balaban J connectivity index is 1.31. The van der Waals surface area contributed by atoms with E-state index in [-0.39, 0.29) is 5.91 Å². The van der Waals surface area contributed by atoms with Gasteiger partial charge in [0.1, 0.15) is 9.88 Å². The second kappa shape index (κ2) is 8.98. The van der Waals surface area contributed by atoms with Gasteiger partial charge in [0, 0.05) is 13.1 Å². The molecule has 2 fully saturated rings. The maximum Gasteiger partial charge on any atom is 0.265 e. The van der Waals surface area contributed by atoms with Crippen molar-refractivity contribution in [1.82, 2.24) is 14.8 Å². The van der Waals surface area contributed by atoms with Crippen molar-refractivity contribution >= 4 is 17.2 Å². The second-order valence-corrected chi connectivity index (χ2v) is 9.00. The molecule has 2 aliphatic rings. The van der Waals surface area contributed by atoms with Crippen LogP contribution in [-0.4, -0.2) is 46.9 Å². The van der Waals surface area contributed by atoms with Crippen molar-refractivity contribution in [3.63, 3.8) is 0 Å². The lowest BCUT2D eigenvalue weighted by Gasteiger charge is -2.32. The van der Waals surface area contributed by atoms with Crippen molar-refractivity contribution < 1.29 is 4.79 Å². The van der Waals surface area contributed by atoms with Crippen LogP contribution in [0.4, 0.5) is 0 Å². The van der Waals surface area contributed by atoms with E-state index >= 15 is 0 Å². The van der Waals surface area contributed by atoms with Crippen LogP contribution >= 0.6 is 11.3 Å². The molecule has 2 aliphatic heterocycles. The van der Waals surface area contributed by atoms with Crippen LogP contribution in [0, 0.1) is 5.92 Å². The largest absolute Gasteiger partial charge is 0.338 e. The Morgan fingerprint density at radius 1 is 1.11 bits per heavy atom. The molecule has 0 aliphatic carbocycles. The van der Waals surface area contributed by atoms with Gasteiger partial charge in [-0.05, 0) is 63.1 Å². The fraction of sp³-hybridized carbons (Fsp3) is 0.545. The van der Waals surface area contributed by atoms with Gasteiger partial charge in [-0.15, -0.1) is 11.3 Å². The van der Waals surface area contributed by atoms with E-state index in [9.17, 15) is 4.79 Å². The standard InChI is InChI=1S/C22H29N3OS/c26-22(20-15-23-21(27-20)17-24-12-4-5-13-24)25-14-6-9-19(16-25)11-10-18-7-2-1-3-8-18/h1-3,7-8,15,19H,4-6,9-14,16-17H2. The molecular formula is C22H29N3OS. The predicted molar refractivity (Wildman–Crippen MR) is 110 cm³/mol. The third-order valence-corrected chi connectivity index (χ3v) is 6.78. The average molecular weight is 384 g/mol. The lowest BCUT2D eigenvalue weighted by atomic mass is 9.91. The van der Waals surface area contributed by atoms with Crippen LogP contribution in [0.5, 0.6) is 0 Å². The number of likely N-dealkylation sites (tertiary alicyclic amines) is 2. The first-order chi connectivity index (χ1) is 13.3. The molecule has 4 rings (SSSR count). The summed E-state index contributed by atoms with van der Waals surface area (Å²) in [5.74, 6) is 0.796. The number of aryl methyl sites for hydroxylation is 1. The highest BCUT2D eigenvalue weighted by molar-refractivity contribution is 7.13. The van der Waals surface area contributed by atoms with Crippen LogP contribution < -0.4 is 0 Å². The van der Waals surface area contributed by atoms with Crippen LogP contribution in [-0.2, 0) is 13.0 Å². The Bertz CT molecular complexity index is 739. The third kappa shape index (κ3) is 4.96. The van der Waals surface area contributed by atoms with Crippen LogP contribution in [0.2, 0.25) is 0 Å². The summed E-state index contributed by atoms with van der Waals surface area (Å²) in [6.45, 7) is 5.01. The van der Waals surface area contributed by atoms with E-state index in [0.717, 1.165) is 61.9 Å². The lowest BCUT2D eigenvalue weighted by Crippen LogP contribution is -2.39. The number of aromatic nitrogens is 1. The number of thiazole rings is 1. The van der Waals surface area contributed by atoms with Crippen molar-refractivity contribution in [2.24, 2.45) is 5.92 Å². The van der Waals surface area contributed by atoms with Gasteiger partial charge in [0.2, 0.25) is 0 Å². The molecule has 4 nitrogen and oxygen atoms in total. The first-order valence-corrected chi connectivity index (χ1v) is 11.1. The number of benzene rings is 1. The normalized spacial score (nSPS) is 20.9. The zero-order chi connectivity index (χ0) is 18.5. The number of nitrogens with zero attached hydrogens (tertiary/aromatic N) is 3. The fourth-order valence-corrected chi connectivity index (χ4v) is 5.20. The van der Waals surface area contributed by atoms with E-state index in [2.05, 4.69) is 45.1 Å². The number of piperidine rings is 1. The second-order valence-electron chi connectivity index (χ2n) is 7.89. The van der Waals surface area contributed by atoms with Gasteiger partial charge in [-0.2, -0.15) is 0 Å². The first-order valence-electron chi connectivity index (χ1n) is 10.3. The van der Waals surface area contributed by atoms with Crippen molar-refractivity contribution in [2.75, 3.05) is 26.2 Å². The summed E-state index contributed by atoms with van der Waals surface area (Å²) < 4.78 is 0. The Morgan fingerprint density at radius 3 is 2.74 bits per heavy atom. The summed E-state index contributed by atoms with van der Waals surface area (Å²) in [6, 6.07) is 10.7. The molecular weight excluding hydrogens is 354 g/mol. The topological polar surface area (TPSA) is 36.4 Å². The Morgan fingerprint density at radius 2 is 1.93 bits per heavy atom. The van der Waals surface area contributed by atoms with Crippen molar-refractivity contribution in [2.45, 2.75) is 45.1 Å². The number of rotatable bonds is 6. The van der Waals surface area contributed by atoms with Crippen LogP contribution in [0.15, 0.2) is 36.5 Å². The highest BCUT2D eigenvalue weighted by atomic mass is 32.1. The minimum Gasteiger partial charge on any atom is -0.338 e. The molecule has 2 saturated heterocycles. The number of hydrogen-bond donors (Lipinski definition) is 0. The molecule has 0 spiro atoms. The Labute approximate surface area is 166 Å². The number of amides is 1. The van der Waals surface area contributed by atoms with Gasteiger partial charge in [0.05, 0.1) is 12.7 Å². The first kappa shape index (κ1) is 18.6. The summed E-state index contributed by atoms with van der Waals surface area (Å²) in [5, 5.41) is 1.08. The Kier molecular flexibility index (Phi) is 6.20. The van der Waals surface area contributed by atoms with Gasteiger partial charge in [-0.3, -0.25) is 9.69 Å².